The second-order valence-corrected chi connectivity index (χ2v) is 4.73. The molecule has 0 radical (unpaired) electrons. The molecular formula is C15H19NO4. The average molecular weight is 277 g/mol. The predicted molar refractivity (Wildman–Crippen MR) is 75.6 cm³/mol. The molecule has 2 N–H and O–H groups in total. The zero-order valence-electron chi connectivity index (χ0n) is 11.6. The van der Waals surface area contributed by atoms with E-state index >= 15 is 0 Å². The van der Waals surface area contributed by atoms with Crippen LogP contribution in [-0.2, 0) is 16.0 Å². The van der Waals surface area contributed by atoms with Crippen molar-refractivity contribution in [2.45, 2.75) is 18.9 Å². The zero-order valence-corrected chi connectivity index (χ0v) is 11.6. The fraction of sp³-hybridized carbons (Fsp3) is 0.333. The Bertz CT molecular complexity index is 492. The first kappa shape index (κ1) is 15.9. The van der Waals surface area contributed by atoms with Gasteiger partial charge in [0.05, 0.1) is 0 Å². The number of hydrogen-bond acceptors (Lipinski definition) is 3. The smallest absolute Gasteiger partial charge is 0.328 e. The first-order valence-electron chi connectivity index (χ1n) is 6.30. The molecule has 0 bridgehead atoms. The Kier molecular flexibility index (Phi) is 5.93. The summed E-state index contributed by atoms with van der Waals surface area (Å²) < 4.78 is 0. The number of aryl methyl sites for hydroxylation is 1. The monoisotopic (exact) mass is 277 g/mol. The normalized spacial score (nSPS) is 16.6. The molecule has 2 rings (SSSR count). The molecule has 0 amide bonds. The number of fused-ring (bicyclic) bond motifs is 1. The fourth-order valence-corrected chi connectivity index (χ4v) is 2.21. The van der Waals surface area contributed by atoms with E-state index in [1.54, 1.807) is 0 Å². The van der Waals surface area contributed by atoms with Crippen LogP contribution >= 0.6 is 0 Å². The van der Waals surface area contributed by atoms with Crippen molar-refractivity contribution in [2.24, 2.45) is 0 Å². The van der Waals surface area contributed by atoms with Crippen molar-refractivity contribution in [1.29, 1.82) is 0 Å². The molecule has 5 nitrogen and oxygen atoms in total. The molecule has 1 aromatic rings. The number of carboxylic acids is 2. The molecule has 0 saturated heterocycles. The van der Waals surface area contributed by atoms with Crippen LogP contribution in [0.4, 0.5) is 0 Å². The van der Waals surface area contributed by atoms with E-state index in [2.05, 4.69) is 43.3 Å². The lowest BCUT2D eigenvalue weighted by molar-refractivity contribution is -0.134. The molecule has 5 heteroatoms. The van der Waals surface area contributed by atoms with Gasteiger partial charge in [0.2, 0.25) is 0 Å². The lowest BCUT2D eigenvalue weighted by atomic mass is 10.1. The third kappa shape index (κ3) is 4.85. The Balaban J connectivity index is 0.000000221. The van der Waals surface area contributed by atoms with Gasteiger partial charge < -0.3 is 15.1 Å². The Morgan fingerprint density at radius 3 is 2.20 bits per heavy atom. The predicted octanol–water partition coefficient (Wildman–Crippen LogP) is 1.95. The van der Waals surface area contributed by atoms with Gasteiger partial charge in [-0.25, -0.2) is 9.59 Å². The summed E-state index contributed by atoms with van der Waals surface area (Å²) in [5.41, 5.74) is 3.07. The molecule has 0 spiro atoms. The van der Waals surface area contributed by atoms with E-state index < -0.39 is 11.9 Å². The molecule has 1 aliphatic carbocycles. The molecule has 0 saturated carbocycles. The van der Waals surface area contributed by atoms with Crippen molar-refractivity contribution in [3.8, 4) is 0 Å². The highest BCUT2D eigenvalue weighted by Crippen LogP contribution is 2.33. The highest BCUT2D eigenvalue weighted by atomic mass is 16.4. The van der Waals surface area contributed by atoms with Crippen LogP contribution in [-0.4, -0.2) is 41.1 Å². The van der Waals surface area contributed by atoms with Crippen LogP contribution in [0.2, 0.25) is 0 Å². The quantitative estimate of drug-likeness (QED) is 0.826. The van der Waals surface area contributed by atoms with Gasteiger partial charge in [-0.15, -0.1) is 0 Å². The van der Waals surface area contributed by atoms with Gasteiger partial charge in [0.15, 0.2) is 0 Å². The summed E-state index contributed by atoms with van der Waals surface area (Å²) in [6.45, 7) is 0. The van der Waals surface area contributed by atoms with Gasteiger partial charge >= 0.3 is 11.9 Å². The fourth-order valence-electron chi connectivity index (χ4n) is 2.21. The lowest BCUT2D eigenvalue weighted by Crippen LogP contribution is -2.17. The molecule has 1 aromatic carbocycles. The molecule has 20 heavy (non-hydrogen) atoms. The van der Waals surface area contributed by atoms with Gasteiger partial charge in [-0.2, -0.15) is 0 Å². The van der Waals surface area contributed by atoms with E-state index in [1.807, 2.05) is 0 Å². The van der Waals surface area contributed by atoms with E-state index in [0.29, 0.717) is 18.2 Å². The maximum Gasteiger partial charge on any atom is 0.328 e. The highest BCUT2D eigenvalue weighted by molar-refractivity contribution is 5.89. The van der Waals surface area contributed by atoms with Crippen LogP contribution in [0.25, 0.3) is 0 Å². The minimum absolute atomic E-state index is 0.558. The maximum atomic E-state index is 9.55. The van der Waals surface area contributed by atoms with Crippen LogP contribution < -0.4 is 0 Å². The number of aliphatic carboxylic acids is 2. The molecule has 0 aromatic heterocycles. The SMILES string of the molecule is CN(C)C1CCc2ccccc21.O=C(O)/C=C/C(=O)O. The minimum Gasteiger partial charge on any atom is -0.478 e. The number of carbonyl (C=O) groups is 2. The van der Waals surface area contributed by atoms with Crippen molar-refractivity contribution in [3.63, 3.8) is 0 Å². The first-order valence-corrected chi connectivity index (χ1v) is 6.30. The summed E-state index contributed by atoms with van der Waals surface area (Å²) in [7, 11) is 4.32. The second-order valence-electron chi connectivity index (χ2n) is 4.73. The third-order valence-electron chi connectivity index (χ3n) is 3.09. The van der Waals surface area contributed by atoms with Crippen LogP contribution in [0.1, 0.15) is 23.6 Å². The van der Waals surface area contributed by atoms with Crippen LogP contribution in [0.3, 0.4) is 0 Å². The lowest BCUT2D eigenvalue weighted by Gasteiger charge is -2.19. The van der Waals surface area contributed by atoms with Crippen molar-refractivity contribution in [1.82, 2.24) is 4.90 Å². The van der Waals surface area contributed by atoms with E-state index in [4.69, 9.17) is 10.2 Å². The number of benzene rings is 1. The third-order valence-corrected chi connectivity index (χ3v) is 3.09. The van der Waals surface area contributed by atoms with E-state index in [1.165, 1.54) is 24.0 Å². The van der Waals surface area contributed by atoms with Crippen LogP contribution in [0, 0.1) is 0 Å². The second kappa shape index (κ2) is 7.45. The molecule has 108 valence electrons. The highest BCUT2D eigenvalue weighted by Gasteiger charge is 2.22. The summed E-state index contributed by atoms with van der Waals surface area (Å²) >= 11 is 0. The van der Waals surface area contributed by atoms with Crippen molar-refractivity contribution in [3.05, 3.63) is 47.5 Å². The molecule has 0 aliphatic heterocycles. The molecular weight excluding hydrogens is 258 g/mol. The summed E-state index contributed by atoms with van der Waals surface area (Å²) in [6, 6.07) is 9.44. The van der Waals surface area contributed by atoms with E-state index in [-0.39, 0.29) is 0 Å². The van der Waals surface area contributed by atoms with Crippen LogP contribution in [0.5, 0.6) is 0 Å². The molecule has 1 unspecified atom stereocenters. The summed E-state index contributed by atoms with van der Waals surface area (Å²) in [5.74, 6) is -2.51. The molecule has 1 atom stereocenters. The number of carboxylic acid groups (broad SMARTS) is 2. The van der Waals surface area contributed by atoms with E-state index in [9.17, 15) is 9.59 Å². The van der Waals surface area contributed by atoms with Crippen LogP contribution in [0.15, 0.2) is 36.4 Å². The average Bonchev–Trinajstić information content (AvgIpc) is 2.81. The van der Waals surface area contributed by atoms with Gasteiger partial charge in [0.25, 0.3) is 0 Å². The van der Waals surface area contributed by atoms with Gasteiger partial charge in [-0.3, -0.25) is 0 Å². The van der Waals surface area contributed by atoms with Crippen molar-refractivity contribution < 1.29 is 19.8 Å². The minimum atomic E-state index is -1.26. The van der Waals surface area contributed by atoms with Gasteiger partial charge in [0, 0.05) is 18.2 Å². The molecule has 0 heterocycles. The van der Waals surface area contributed by atoms with E-state index in [0.717, 1.165) is 0 Å². The van der Waals surface area contributed by atoms with Crippen molar-refractivity contribution in [2.75, 3.05) is 14.1 Å². The number of rotatable bonds is 3. The van der Waals surface area contributed by atoms with Gasteiger partial charge in [0.1, 0.15) is 0 Å². The Morgan fingerprint density at radius 2 is 1.70 bits per heavy atom. The Morgan fingerprint density at radius 1 is 1.15 bits per heavy atom. The summed E-state index contributed by atoms with van der Waals surface area (Å²) in [5, 5.41) is 15.6. The Labute approximate surface area is 118 Å². The molecule has 0 fully saturated rings. The van der Waals surface area contributed by atoms with Gasteiger partial charge in [-0.05, 0) is 38.1 Å². The molecule has 1 aliphatic rings. The summed E-state index contributed by atoms with van der Waals surface area (Å²) in [6.07, 6.45) is 3.65. The number of hydrogen-bond donors (Lipinski definition) is 2. The van der Waals surface area contributed by atoms with Gasteiger partial charge in [-0.1, -0.05) is 24.3 Å². The summed E-state index contributed by atoms with van der Waals surface area (Å²) in [4.78, 5) is 21.4. The topological polar surface area (TPSA) is 77.8 Å². The first-order chi connectivity index (χ1) is 9.41. The largest absolute Gasteiger partial charge is 0.478 e. The zero-order chi connectivity index (χ0) is 15.1. The Hall–Kier alpha value is -2.14. The maximum absolute atomic E-state index is 9.55. The standard InChI is InChI=1S/C11H15N.C4H4O4/c1-12(2)11-8-7-9-5-3-4-6-10(9)11;5-3(6)1-2-4(7)8/h3-6,11H,7-8H2,1-2H3;1-2H,(H,5,6)(H,7,8)/b;2-1+. The number of nitrogens with zero attached hydrogens (tertiary/aromatic N) is 1. The van der Waals surface area contributed by atoms with Crippen molar-refractivity contribution >= 4 is 11.9 Å².